The van der Waals surface area contributed by atoms with Gasteiger partial charge >= 0.3 is 0 Å². The van der Waals surface area contributed by atoms with Gasteiger partial charge in [-0.15, -0.1) is 11.3 Å². The zero-order valence-corrected chi connectivity index (χ0v) is 15.1. The molecule has 0 saturated carbocycles. The van der Waals surface area contributed by atoms with Crippen molar-refractivity contribution in [3.05, 3.63) is 35.5 Å². The molecule has 0 bridgehead atoms. The zero-order chi connectivity index (χ0) is 17.4. The lowest BCUT2D eigenvalue weighted by molar-refractivity contribution is 0.0826. The monoisotopic (exact) mass is 356 g/mol. The summed E-state index contributed by atoms with van der Waals surface area (Å²) in [6.45, 7) is 6.57. The van der Waals surface area contributed by atoms with Crippen molar-refractivity contribution < 1.29 is 9.84 Å². The molecule has 0 radical (unpaired) electrons. The van der Waals surface area contributed by atoms with Crippen LogP contribution in [-0.4, -0.2) is 46.4 Å². The van der Waals surface area contributed by atoms with Crippen LogP contribution >= 0.6 is 11.3 Å². The van der Waals surface area contributed by atoms with Crippen LogP contribution in [-0.2, 0) is 10.3 Å². The standard InChI is InChI=1S/C18H20N4O2S/c1-18(2,23)14-10-13-15(25-14)17(22-6-8-24-9-7-22)21-16(20-13)12-4-3-5-19-11-12/h3-5,10-11,23H,6-9H2,1-2H3. The molecule has 1 aliphatic rings. The minimum atomic E-state index is -0.901. The number of aromatic nitrogens is 3. The highest BCUT2D eigenvalue weighted by molar-refractivity contribution is 7.19. The Kier molecular flexibility index (Phi) is 4.15. The largest absolute Gasteiger partial charge is 0.385 e. The van der Waals surface area contributed by atoms with E-state index >= 15 is 0 Å². The van der Waals surface area contributed by atoms with Crippen LogP contribution in [0.2, 0.25) is 0 Å². The maximum absolute atomic E-state index is 10.4. The molecule has 0 atom stereocenters. The van der Waals surface area contributed by atoms with Crippen molar-refractivity contribution in [2.45, 2.75) is 19.4 Å². The van der Waals surface area contributed by atoms with Gasteiger partial charge in [0.05, 0.1) is 29.0 Å². The van der Waals surface area contributed by atoms with Crippen molar-refractivity contribution in [1.82, 2.24) is 15.0 Å². The van der Waals surface area contributed by atoms with Gasteiger partial charge in [0.1, 0.15) is 0 Å². The van der Waals surface area contributed by atoms with Crippen molar-refractivity contribution >= 4 is 27.4 Å². The summed E-state index contributed by atoms with van der Waals surface area (Å²) in [6.07, 6.45) is 3.51. The molecular weight excluding hydrogens is 336 g/mol. The number of pyridine rings is 1. The normalized spacial score (nSPS) is 15.7. The lowest BCUT2D eigenvalue weighted by Crippen LogP contribution is -2.36. The van der Waals surface area contributed by atoms with Crippen LogP contribution in [0.5, 0.6) is 0 Å². The SMILES string of the molecule is CC(C)(O)c1cc2nc(-c3cccnc3)nc(N3CCOCC3)c2s1. The Morgan fingerprint density at radius 2 is 2.04 bits per heavy atom. The van der Waals surface area contributed by atoms with E-state index < -0.39 is 5.60 Å². The van der Waals surface area contributed by atoms with Crippen LogP contribution in [0.3, 0.4) is 0 Å². The molecule has 130 valence electrons. The molecule has 25 heavy (non-hydrogen) atoms. The van der Waals surface area contributed by atoms with Gasteiger partial charge < -0.3 is 14.7 Å². The molecule has 1 aliphatic heterocycles. The van der Waals surface area contributed by atoms with Crippen LogP contribution in [0.25, 0.3) is 21.6 Å². The molecule has 1 N–H and O–H groups in total. The van der Waals surface area contributed by atoms with E-state index in [4.69, 9.17) is 14.7 Å². The number of anilines is 1. The van der Waals surface area contributed by atoms with Gasteiger partial charge in [-0.3, -0.25) is 4.98 Å². The van der Waals surface area contributed by atoms with Crippen LogP contribution in [0.15, 0.2) is 30.6 Å². The zero-order valence-electron chi connectivity index (χ0n) is 14.3. The number of thiophene rings is 1. The molecule has 0 aromatic carbocycles. The van der Waals surface area contributed by atoms with Crippen molar-refractivity contribution in [2.75, 3.05) is 31.2 Å². The quantitative estimate of drug-likeness (QED) is 0.778. The first kappa shape index (κ1) is 16.4. The predicted octanol–water partition coefficient (Wildman–Crippen LogP) is 2.82. The minimum Gasteiger partial charge on any atom is -0.385 e. The third kappa shape index (κ3) is 3.22. The Labute approximate surface area is 150 Å². The predicted molar refractivity (Wildman–Crippen MR) is 98.9 cm³/mol. The second-order valence-electron chi connectivity index (χ2n) is 6.60. The fourth-order valence-corrected chi connectivity index (χ4v) is 3.95. The van der Waals surface area contributed by atoms with Crippen molar-refractivity contribution in [2.24, 2.45) is 0 Å². The number of ether oxygens (including phenoxy) is 1. The van der Waals surface area contributed by atoms with Gasteiger partial charge in [0.2, 0.25) is 0 Å². The van der Waals surface area contributed by atoms with Gasteiger partial charge in [-0.2, -0.15) is 0 Å². The van der Waals surface area contributed by atoms with E-state index in [1.807, 2.05) is 18.2 Å². The Morgan fingerprint density at radius 1 is 1.24 bits per heavy atom. The number of aliphatic hydroxyl groups is 1. The summed E-state index contributed by atoms with van der Waals surface area (Å²) in [5.74, 6) is 1.56. The first-order valence-corrected chi connectivity index (χ1v) is 9.11. The van der Waals surface area contributed by atoms with E-state index in [0.717, 1.165) is 39.6 Å². The summed E-state index contributed by atoms with van der Waals surface area (Å²) in [6, 6.07) is 5.80. The number of morpholine rings is 1. The summed E-state index contributed by atoms with van der Waals surface area (Å²) in [5.41, 5.74) is 0.842. The molecule has 3 aromatic rings. The molecular formula is C18H20N4O2S. The first-order valence-electron chi connectivity index (χ1n) is 8.30. The average Bonchev–Trinajstić information content (AvgIpc) is 3.07. The summed E-state index contributed by atoms with van der Waals surface area (Å²) in [4.78, 5) is 16.9. The van der Waals surface area contributed by atoms with Gasteiger partial charge in [-0.1, -0.05) is 0 Å². The van der Waals surface area contributed by atoms with E-state index in [-0.39, 0.29) is 0 Å². The molecule has 7 heteroatoms. The fourth-order valence-electron chi connectivity index (χ4n) is 2.83. The second-order valence-corrected chi connectivity index (χ2v) is 7.65. The molecule has 6 nitrogen and oxygen atoms in total. The third-order valence-corrected chi connectivity index (χ3v) is 5.62. The number of rotatable bonds is 3. The average molecular weight is 356 g/mol. The Hall–Kier alpha value is -2.09. The molecule has 3 aromatic heterocycles. The molecule has 1 saturated heterocycles. The van der Waals surface area contributed by atoms with E-state index in [1.54, 1.807) is 37.6 Å². The number of hydrogen-bond donors (Lipinski definition) is 1. The first-order chi connectivity index (χ1) is 12.0. The highest BCUT2D eigenvalue weighted by Crippen LogP contribution is 2.38. The van der Waals surface area contributed by atoms with Gasteiger partial charge in [0.15, 0.2) is 11.6 Å². The van der Waals surface area contributed by atoms with E-state index in [1.165, 1.54) is 0 Å². The Morgan fingerprint density at radius 3 is 2.72 bits per heavy atom. The van der Waals surface area contributed by atoms with Crippen LogP contribution < -0.4 is 4.90 Å². The Balaban J connectivity index is 1.90. The van der Waals surface area contributed by atoms with Crippen LogP contribution in [0.4, 0.5) is 5.82 Å². The molecule has 0 spiro atoms. The summed E-state index contributed by atoms with van der Waals surface area (Å²) in [7, 11) is 0. The maximum atomic E-state index is 10.4. The molecule has 4 heterocycles. The second kappa shape index (κ2) is 6.33. The van der Waals surface area contributed by atoms with Crippen molar-refractivity contribution in [3.63, 3.8) is 0 Å². The fraction of sp³-hybridized carbons (Fsp3) is 0.389. The minimum absolute atomic E-state index is 0.655. The summed E-state index contributed by atoms with van der Waals surface area (Å²) >= 11 is 1.56. The van der Waals surface area contributed by atoms with E-state index in [9.17, 15) is 5.11 Å². The smallest absolute Gasteiger partial charge is 0.163 e. The third-order valence-electron chi connectivity index (χ3n) is 4.19. The van der Waals surface area contributed by atoms with Crippen LogP contribution in [0, 0.1) is 0 Å². The van der Waals surface area contributed by atoms with Gasteiger partial charge in [-0.05, 0) is 32.0 Å². The van der Waals surface area contributed by atoms with Gasteiger partial charge in [-0.25, -0.2) is 9.97 Å². The van der Waals surface area contributed by atoms with Crippen molar-refractivity contribution in [3.8, 4) is 11.4 Å². The molecule has 0 amide bonds. The molecule has 0 aliphatic carbocycles. The molecule has 1 fully saturated rings. The van der Waals surface area contributed by atoms with Crippen molar-refractivity contribution in [1.29, 1.82) is 0 Å². The highest BCUT2D eigenvalue weighted by Gasteiger charge is 2.24. The lowest BCUT2D eigenvalue weighted by Gasteiger charge is -2.28. The molecule has 4 rings (SSSR count). The highest BCUT2D eigenvalue weighted by atomic mass is 32.1. The van der Waals surface area contributed by atoms with Gasteiger partial charge in [0.25, 0.3) is 0 Å². The summed E-state index contributed by atoms with van der Waals surface area (Å²) < 4.78 is 6.48. The maximum Gasteiger partial charge on any atom is 0.163 e. The van der Waals surface area contributed by atoms with Gasteiger partial charge in [0, 0.05) is 35.9 Å². The summed E-state index contributed by atoms with van der Waals surface area (Å²) in [5, 5.41) is 10.4. The number of nitrogens with zero attached hydrogens (tertiary/aromatic N) is 4. The molecule has 0 unspecified atom stereocenters. The number of fused-ring (bicyclic) bond motifs is 1. The lowest BCUT2D eigenvalue weighted by atomic mass is 10.1. The van der Waals surface area contributed by atoms with E-state index in [2.05, 4.69) is 9.88 Å². The number of hydrogen-bond acceptors (Lipinski definition) is 7. The van der Waals surface area contributed by atoms with Crippen LogP contribution in [0.1, 0.15) is 18.7 Å². The van der Waals surface area contributed by atoms with E-state index in [0.29, 0.717) is 19.0 Å². The Bertz CT molecular complexity index is 883. The topological polar surface area (TPSA) is 71.4 Å².